The quantitative estimate of drug-likeness (QED) is 0.504. The largest absolute Gasteiger partial charge is 0.396 e. The van der Waals surface area contributed by atoms with Crippen molar-refractivity contribution in [2.24, 2.45) is 0 Å². The molecule has 1 atom stereocenters. The van der Waals surface area contributed by atoms with Crippen molar-refractivity contribution in [3.8, 4) is 0 Å². The highest BCUT2D eigenvalue weighted by atomic mass is 16.6. The van der Waals surface area contributed by atoms with Gasteiger partial charge in [-0.1, -0.05) is 0 Å². The van der Waals surface area contributed by atoms with E-state index in [1.54, 1.807) is 0 Å². The van der Waals surface area contributed by atoms with E-state index < -0.39 is 0 Å². The minimum Gasteiger partial charge on any atom is -0.396 e. The van der Waals surface area contributed by atoms with Crippen LogP contribution in [-0.2, 0) is 4.74 Å². The smallest absolute Gasteiger partial charge is 0.0910 e. The molecule has 0 aromatic heterocycles. The third-order valence-electron chi connectivity index (χ3n) is 1.28. The third-order valence-corrected chi connectivity index (χ3v) is 1.28. The summed E-state index contributed by atoms with van der Waals surface area (Å²) in [5.74, 6) is 0. The standard InChI is InChI=1S/C5H10O2/c1-5(2-3-6)4-7-5/h6H,2-4H2,1H3/t5-/m1/s1. The van der Waals surface area contributed by atoms with E-state index in [0.29, 0.717) is 0 Å². The van der Waals surface area contributed by atoms with Crippen LogP contribution in [0.4, 0.5) is 0 Å². The second-order valence-corrected chi connectivity index (χ2v) is 2.21. The number of aliphatic hydroxyl groups excluding tert-OH is 1. The van der Waals surface area contributed by atoms with Crippen molar-refractivity contribution in [1.82, 2.24) is 0 Å². The van der Waals surface area contributed by atoms with Crippen molar-refractivity contribution in [3.05, 3.63) is 0 Å². The molecule has 1 heterocycles. The molecule has 2 nitrogen and oxygen atoms in total. The number of ether oxygens (including phenoxy) is 1. The Morgan fingerprint density at radius 2 is 2.43 bits per heavy atom. The maximum Gasteiger partial charge on any atom is 0.0910 e. The zero-order valence-electron chi connectivity index (χ0n) is 4.48. The molecule has 0 amide bonds. The van der Waals surface area contributed by atoms with E-state index in [1.807, 2.05) is 6.92 Å². The van der Waals surface area contributed by atoms with Crippen LogP contribution in [0, 0.1) is 0 Å². The fourth-order valence-corrected chi connectivity index (χ4v) is 0.504. The molecule has 7 heavy (non-hydrogen) atoms. The van der Waals surface area contributed by atoms with Crippen LogP contribution in [0.2, 0.25) is 0 Å². The van der Waals surface area contributed by atoms with E-state index in [9.17, 15) is 0 Å². The van der Waals surface area contributed by atoms with Gasteiger partial charge in [-0.2, -0.15) is 0 Å². The van der Waals surface area contributed by atoms with Gasteiger partial charge < -0.3 is 9.84 Å². The molecule has 0 bridgehead atoms. The molecule has 0 radical (unpaired) electrons. The first-order valence-electron chi connectivity index (χ1n) is 2.52. The molecule has 0 aromatic carbocycles. The minimum absolute atomic E-state index is 0.0503. The molecule has 0 unspecified atom stereocenters. The zero-order chi connectivity index (χ0) is 5.33. The summed E-state index contributed by atoms with van der Waals surface area (Å²) in [7, 11) is 0. The Morgan fingerprint density at radius 3 is 2.57 bits per heavy atom. The second kappa shape index (κ2) is 1.46. The number of rotatable bonds is 2. The van der Waals surface area contributed by atoms with Gasteiger partial charge in [-0.25, -0.2) is 0 Å². The number of epoxide rings is 1. The maximum absolute atomic E-state index is 8.36. The molecule has 2 heteroatoms. The first-order chi connectivity index (χ1) is 3.27. The van der Waals surface area contributed by atoms with Gasteiger partial charge in [0, 0.05) is 13.0 Å². The average molecular weight is 102 g/mol. The SMILES string of the molecule is C[C@@]1(CCO)CO1. The van der Waals surface area contributed by atoms with Crippen LogP contribution < -0.4 is 0 Å². The highest BCUT2D eigenvalue weighted by Gasteiger charge is 2.37. The zero-order valence-corrected chi connectivity index (χ0v) is 4.48. The Hall–Kier alpha value is -0.0800. The molecular formula is C5H10O2. The van der Waals surface area contributed by atoms with Gasteiger partial charge in [0.2, 0.25) is 0 Å². The van der Waals surface area contributed by atoms with Gasteiger partial charge in [-0.05, 0) is 6.92 Å². The molecule has 1 aliphatic rings. The molecule has 0 aromatic rings. The number of hydrogen-bond donors (Lipinski definition) is 1. The van der Waals surface area contributed by atoms with E-state index in [1.165, 1.54) is 0 Å². The van der Waals surface area contributed by atoms with E-state index in [4.69, 9.17) is 9.84 Å². The van der Waals surface area contributed by atoms with Crippen molar-refractivity contribution in [2.45, 2.75) is 18.9 Å². The van der Waals surface area contributed by atoms with Gasteiger partial charge in [0.1, 0.15) is 0 Å². The lowest BCUT2D eigenvalue weighted by Gasteiger charge is -1.96. The molecule has 0 saturated carbocycles. The predicted octanol–water partition coefficient (Wildman–Crippen LogP) is 0.158. The van der Waals surface area contributed by atoms with Crippen LogP contribution in [0.15, 0.2) is 0 Å². The van der Waals surface area contributed by atoms with Crippen molar-refractivity contribution < 1.29 is 9.84 Å². The molecule has 1 rings (SSSR count). The number of hydrogen-bond acceptors (Lipinski definition) is 2. The van der Waals surface area contributed by atoms with E-state index in [2.05, 4.69) is 0 Å². The Labute approximate surface area is 43.1 Å². The van der Waals surface area contributed by atoms with Crippen molar-refractivity contribution in [1.29, 1.82) is 0 Å². The lowest BCUT2D eigenvalue weighted by Crippen LogP contribution is -2.05. The lowest BCUT2D eigenvalue weighted by atomic mass is 10.1. The fourth-order valence-electron chi connectivity index (χ4n) is 0.504. The topological polar surface area (TPSA) is 32.8 Å². The molecule has 42 valence electrons. The van der Waals surface area contributed by atoms with Crippen LogP contribution in [0.3, 0.4) is 0 Å². The van der Waals surface area contributed by atoms with Gasteiger partial charge >= 0.3 is 0 Å². The molecule has 1 aliphatic heterocycles. The fraction of sp³-hybridized carbons (Fsp3) is 1.00. The first-order valence-corrected chi connectivity index (χ1v) is 2.52. The first kappa shape index (κ1) is 5.06. The van der Waals surface area contributed by atoms with Crippen molar-refractivity contribution in [3.63, 3.8) is 0 Å². The average Bonchev–Trinajstić information content (AvgIpc) is 2.22. The van der Waals surface area contributed by atoms with Crippen LogP contribution in [0.5, 0.6) is 0 Å². The lowest BCUT2D eigenvalue weighted by molar-refractivity contribution is 0.224. The summed E-state index contributed by atoms with van der Waals surface area (Å²) in [6.07, 6.45) is 0.785. The van der Waals surface area contributed by atoms with Gasteiger partial charge in [0.25, 0.3) is 0 Å². The molecule has 1 fully saturated rings. The summed E-state index contributed by atoms with van der Waals surface area (Å²) in [5, 5.41) is 8.36. The molecule has 1 saturated heterocycles. The third kappa shape index (κ3) is 1.14. The molecule has 0 spiro atoms. The van der Waals surface area contributed by atoms with Gasteiger partial charge in [0.15, 0.2) is 0 Å². The summed E-state index contributed by atoms with van der Waals surface area (Å²) in [4.78, 5) is 0. The summed E-state index contributed by atoms with van der Waals surface area (Å²) < 4.78 is 4.98. The number of aliphatic hydroxyl groups is 1. The summed E-state index contributed by atoms with van der Waals surface area (Å²) in [6, 6.07) is 0. The molecule has 0 aliphatic carbocycles. The Morgan fingerprint density at radius 1 is 1.86 bits per heavy atom. The summed E-state index contributed by atoms with van der Waals surface area (Å²) in [6.45, 7) is 3.08. The van der Waals surface area contributed by atoms with E-state index in [0.717, 1.165) is 13.0 Å². The van der Waals surface area contributed by atoms with Crippen LogP contribution >= 0.6 is 0 Å². The summed E-state index contributed by atoms with van der Waals surface area (Å²) >= 11 is 0. The van der Waals surface area contributed by atoms with Crippen LogP contribution in [0.25, 0.3) is 0 Å². The van der Waals surface area contributed by atoms with Gasteiger partial charge in [0.05, 0.1) is 12.2 Å². The highest BCUT2D eigenvalue weighted by Crippen LogP contribution is 2.28. The van der Waals surface area contributed by atoms with E-state index in [-0.39, 0.29) is 12.2 Å². The second-order valence-electron chi connectivity index (χ2n) is 2.21. The Bertz CT molecular complexity index is 66.5. The van der Waals surface area contributed by atoms with Crippen LogP contribution in [0.1, 0.15) is 13.3 Å². The minimum atomic E-state index is 0.0503. The molecule has 1 N–H and O–H groups in total. The van der Waals surface area contributed by atoms with Crippen molar-refractivity contribution in [2.75, 3.05) is 13.2 Å². The van der Waals surface area contributed by atoms with Gasteiger partial charge in [-0.3, -0.25) is 0 Å². The molecular weight excluding hydrogens is 92.1 g/mol. The van der Waals surface area contributed by atoms with Crippen molar-refractivity contribution >= 4 is 0 Å². The summed E-state index contributed by atoms with van der Waals surface area (Å²) in [5.41, 5.74) is 0.0503. The monoisotopic (exact) mass is 102 g/mol. The predicted molar refractivity (Wildman–Crippen MR) is 26.1 cm³/mol. The van der Waals surface area contributed by atoms with Gasteiger partial charge in [-0.15, -0.1) is 0 Å². The highest BCUT2D eigenvalue weighted by molar-refractivity contribution is 4.85. The Kier molecular flexibility index (Phi) is 1.05. The Balaban J connectivity index is 2.13. The van der Waals surface area contributed by atoms with E-state index >= 15 is 0 Å². The maximum atomic E-state index is 8.36. The van der Waals surface area contributed by atoms with Crippen LogP contribution in [-0.4, -0.2) is 23.9 Å². The normalized spacial score (nSPS) is 38.6.